The molecule has 0 saturated carbocycles. The number of hydrogen-bond acceptors (Lipinski definition) is 4. The molecule has 6 heteroatoms. The summed E-state index contributed by atoms with van der Waals surface area (Å²) in [5.74, 6) is -0.771. The molecule has 6 N–H and O–H groups in total. The Bertz CT molecular complexity index is 445. The van der Waals surface area contributed by atoms with Crippen LogP contribution in [0.15, 0.2) is 18.2 Å². The molecule has 1 atom stereocenters. The van der Waals surface area contributed by atoms with Crippen molar-refractivity contribution in [2.24, 2.45) is 5.73 Å². The third-order valence-electron chi connectivity index (χ3n) is 2.38. The summed E-state index contributed by atoms with van der Waals surface area (Å²) >= 11 is 0. The van der Waals surface area contributed by atoms with Gasteiger partial charge in [-0.05, 0) is 19.1 Å². The minimum Gasteiger partial charge on any atom is -0.396 e. The normalized spacial score (nSPS) is 11.6. The van der Waals surface area contributed by atoms with Crippen molar-refractivity contribution in [2.75, 3.05) is 18.1 Å². The fraction of sp³-hybridized carbons (Fsp3) is 0.273. The van der Waals surface area contributed by atoms with Gasteiger partial charge in [0.1, 0.15) is 6.04 Å². The van der Waals surface area contributed by atoms with E-state index < -0.39 is 11.9 Å². The summed E-state index contributed by atoms with van der Waals surface area (Å²) in [6, 6.07) is 4.41. The van der Waals surface area contributed by atoms with Crippen molar-refractivity contribution in [1.29, 1.82) is 0 Å². The number of benzene rings is 1. The SMILES string of the molecule is CNC(=O)C(C)Nc1cccc(C(N)=O)c1N. The Morgan fingerprint density at radius 2 is 2.00 bits per heavy atom. The maximum atomic E-state index is 11.3. The molecule has 92 valence electrons. The van der Waals surface area contributed by atoms with Crippen LogP contribution in [0.25, 0.3) is 0 Å². The largest absolute Gasteiger partial charge is 0.396 e. The highest BCUT2D eigenvalue weighted by Crippen LogP contribution is 2.22. The molecular formula is C11H16N4O2. The number of carbonyl (C=O) groups excluding carboxylic acids is 2. The predicted molar refractivity (Wildman–Crippen MR) is 66.5 cm³/mol. The van der Waals surface area contributed by atoms with Crippen LogP contribution >= 0.6 is 0 Å². The summed E-state index contributed by atoms with van der Waals surface area (Å²) in [5.41, 5.74) is 11.9. The fourth-order valence-corrected chi connectivity index (χ4v) is 1.42. The molecule has 0 aromatic heterocycles. The van der Waals surface area contributed by atoms with Crippen molar-refractivity contribution in [1.82, 2.24) is 5.32 Å². The van der Waals surface area contributed by atoms with E-state index in [4.69, 9.17) is 11.5 Å². The van der Waals surface area contributed by atoms with Gasteiger partial charge in [0.15, 0.2) is 0 Å². The molecule has 6 nitrogen and oxygen atoms in total. The Morgan fingerprint density at radius 3 is 2.53 bits per heavy atom. The summed E-state index contributed by atoms with van der Waals surface area (Å²) in [7, 11) is 1.55. The Hall–Kier alpha value is -2.24. The summed E-state index contributed by atoms with van der Waals surface area (Å²) in [4.78, 5) is 22.4. The van der Waals surface area contributed by atoms with E-state index in [0.29, 0.717) is 5.69 Å². The topological polar surface area (TPSA) is 110 Å². The molecule has 0 aliphatic heterocycles. The highest BCUT2D eigenvalue weighted by Gasteiger charge is 2.14. The molecule has 17 heavy (non-hydrogen) atoms. The van der Waals surface area contributed by atoms with Gasteiger partial charge in [-0.15, -0.1) is 0 Å². The lowest BCUT2D eigenvalue weighted by Gasteiger charge is -2.16. The molecule has 0 heterocycles. The van der Waals surface area contributed by atoms with Crippen molar-refractivity contribution in [3.8, 4) is 0 Å². The van der Waals surface area contributed by atoms with E-state index in [-0.39, 0.29) is 17.2 Å². The smallest absolute Gasteiger partial charge is 0.250 e. The lowest BCUT2D eigenvalue weighted by Crippen LogP contribution is -2.35. The molecule has 1 unspecified atom stereocenters. The number of nitrogen functional groups attached to an aromatic ring is 1. The number of anilines is 2. The van der Waals surface area contributed by atoms with Crippen LogP contribution < -0.4 is 22.1 Å². The average molecular weight is 236 g/mol. The van der Waals surface area contributed by atoms with Crippen molar-refractivity contribution in [2.45, 2.75) is 13.0 Å². The third kappa shape index (κ3) is 2.87. The zero-order chi connectivity index (χ0) is 13.0. The predicted octanol–water partition coefficient (Wildman–Crippen LogP) is -0.0859. The second-order valence-corrected chi connectivity index (χ2v) is 3.61. The fourth-order valence-electron chi connectivity index (χ4n) is 1.42. The highest BCUT2D eigenvalue weighted by molar-refractivity contribution is 6.01. The van der Waals surface area contributed by atoms with Crippen LogP contribution in [-0.4, -0.2) is 24.9 Å². The number of likely N-dealkylation sites (N-methyl/N-ethyl adjacent to an activating group) is 1. The minimum atomic E-state index is -0.598. The highest BCUT2D eigenvalue weighted by atomic mass is 16.2. The first-order valence-corrected chi connectivity index (χ1v) is 5.13. The number of nitrogens with two attached hydrogens (primary N) is 2. The molecule has 1 rings (SSSR count). The minimum absolute atomic E-state index is 0.172. The van der Waals surface area contributed by atoms with Gasteiger partial charge < -0.3 is 22.1 Å². The average Bonchev–Trinajstić information content (AvgIpc) is 2.30. The van der Waals surface area contributed by atoms with Gasteiger partial charge in [-0.25, -0.2) is 0 Å². The first-order valence-electron chi connectivity index (χ1n) is 5.13. The van der Waals surface area contributed by atoms with Gasteiger partial charge >= 0.3 is 0 Å². The van der Waals surface area contributed by atoms with Crippen LogP contribution in [0.5, 0.6) is 0 Å². The van der Waals surface area contributed by atoms with E-state index >= 15 is 0 Å². The second-order valence-electron chi connectivity index (χ2n) is 3.61. The zero-order valence-electron chi connectivity index (χ0n) is 9.78. The zero-order valence-corrected chi connectivity index (χ0v) is 9.78. The van der Waals surface area contributed by atoms with Gasteiger partial charge in [0.05, 0.1) is 16.9 Å². The van der Waals surface area contributed by atoms with Crippen LogP contribution in [0.3, 0.4) is 0 Å². The van der Waals surface area contributed by atoms with Crippen molar-refractivity contribution < 1.29 is 9.59 Å². The number of nitrogens with one attached hydrogen (secondary N) is 2. The van der Waals surface area contributed by atoms with E-state index in [1.165, 1.54) is 6.07 Å². The van der Waals surface area contributed by atoms with Gasteiger partial charge in [-0.2, -0.15) is 0 Å². The Morgan fingerprint density at radius 1 is 1.35 bits per heavy atom. The van der Waals surface area contributed by atoms with Crippen molar-refractivity contribution >= 4 is 23.2 Å². The van der Waals surface area contributed by atoms with E-state index in [1.807, 2.05) is 0 Å². The number of hydrogen-bond donors (Lipinski definition) is 4. The molecular weight excluding hydrogens is 220 g/mol. The molecule has 0 aliphatic rings. The number of para-hydroxylation sites is 1. The molecule has 1 aromatic rings. The number of primary amides is 1. The van der Waals surface area contributed by atoms with Crippen LogP contribution in [0, 0.1) is 0 Å². The van der Waals surface area contributed by atoms with Crippen molar-refractivity contribution in [3.05, 3.63) is 23.8 Å². The summed E-state index contributed by atoms with van der Waals surface area (Å²) in [5, 5.41) is 5.42. The van der Waals surface area contributed by atoms with Crippen LogP contribution in [0.4, 0.5) is 11.4 Å². The first kappa shape index (κ1) is 12.8. The van der Waals surface area contributed by atoms with Gasteiger partial charge in [0, 0.05) is 7.05 Å². The second kappa shape index (κ2) is 5.20. The van der Waals surface area contributed by atoms with Crippen LogP contribution in [-0.2, 0) is 4.79 Å². The first-order chi connectivity index (χ1) is 7.97. The van der Waals surface area contributed by atoms with Crippen LogP contribution in [0.2, 0.25) is 0 Å². The van der Waals surface area contributed by atoms with E-state index in [9.17, 15) is 9.59 Å². The van der Waals surface area contributed by atoms with E-state index in [0.717, 1.165) is 0 Å². The monoisotopic (exact) mass is 236 g/mol. The summed E-state index contributed by atoms with van der Waals surface area (Å²) in [6.45, 7) is 1.69. The molecule has 1 aromatic carbocycles. The third-order valence-corrected chi connectivity index (χ3v) is 2.38. The van der Waals surface area contributed by atoms with Gasteiger partial charge in [0.25, 0.3) is 5.91 Å². The molecule has 0 saturated heterocycles. The van der Waals surface area contributed by atoms with Gasteiger partial charge in [-0.3, -0.25) is 9.59 Å². The van der Waals surface area contributed by atoms with Crippen molar-refractivity contribution in [3.63, 3.8) is 0 Å². The maximum absolute atomic E-state index is 11.3. The molecule has 0 bridgehead atoms. The number of rotatable bonds is 4. The Labute approximate surface area is 99.4 Å². The Kier molecular flexibility index (Phi) is 3.92. The van der Waals surface area contributed by atoms with E-state index in [1.54, 1.807) is 26.1 Å². The lowest BCUT2D eigenvalue weighted by molar-refractivity contribution is -0.121. The standard InChI is InChI=1S/C11H16N4O2/c1-6(11(17)14-2)15-8-5-3-4-7(9(8)12)10(13)16/h3-6,15H,12H2,1-2H3,(H2,13,16)(H,14,17). The van der Waals surface area contributed by atoms with Gasteiger partial charge in [0.2, 0.25) is 5.91 Å². The van der Waals surface area contributed by atoms with Gasteiger partial charge in [-0.1, -0.05) is 6.07 Å². The lowest BCUT2D eigenvalue weighted by atomic mass is 10.1. The molecule has 0 fully saturated rings. The summed E-state index contributed by atoms with van der Waals surface area (Å²) < 4.78 is 0. The molecule has 2 amide bonds. The maximum Gasteiger partial charge on any atom is 0.250 e. The van der Waals surface area contributed by atoms with Crippen LogP contribution in [0.1, 0.15) is 17.3 Å². The quantitative estimate of drug-likeness (QED) is 0.548. The number of amides is 2. The molecule has 0 radical (unpaired) electrons. The molecule has 0 spiro atoms. The van der Waals surface area contributed by atoms with E-state index in [2.05, 4.69) is 10.6 Å². The summed E-state index contributed by atoms with van der Waals surface area (Å²) in [6.07, 6.45) is 0. The molecule has 0 aliphatic carbocycles. The Balaban J connectivity index is 2.96. The number of carbonyl (C=O) groups is 2.